The van der Waals surface area contributed by atoms with Crippen molar-refractivity contribution in [2.75, 3.05) is 7.11 Å². The van der Waals surface area contributed by atoms with Crippen molar-refractivity contribution in [3.05, 3.63) is 54.6 Å². The van der Waals surface area contributed by atoms with Crippen LogP contribution < -0.4 is 4.74 Å². The van der Waals surface area contributed by atoms with E-state index in [1.54, 1.807) is 6.07 Å². The van der Waals surface area contributed by atoms with Crippen molar-refractivity contribution < 1.29 is 18.0 Å². The van der Waals surface area contributed by atoms with E-state index in [0.717, 1.165) is 22.7 Å². The van der Waals surface area contributed by atoms with Crippen LogP contribution in [0.2, 0.25) is 0 Å². The largest absolute Gasteiger partial charge is 0.494 e. The van der Waals surface area contributed by atoms with Gasteiger partial charge in [-0.15, -0.1) is 10.2 Å². The predicted octanol–water partition coefficient (Wildman–Crippen LogP) is 4.72. The summed E-state index contributed by atoms with van der Waals surface area (Å²) in [5, 5.41) is 10.5. The van der Waals surface area contributed by atoms with Gasteiger partial charge in [-0.05, 0) is 30.0 Å². The fraction of sp³-hybridized carbons (Fsp3) is 0.0526. The maximum Gasteiger partial charge on any atom is 0.284 e. The van der Waals surface area contributed by atoms with Crippen molar-refractivity contribution >= 4 is 33.6 Å². The van der Waals surface area contributed by atoms with Gasteiger partial charge in [-0.2, -0.15) is 0 Å². The summed E-state index contributed by atoms with van der Waals surface area (Å²) in [5.41, 5.74) is 1.19. The van der Waals surface area contributed by atoms with Crippen LogP contribution in [0.4, 0.5) is 4.39 Å². The van der Waals surface area contributed by atoms with Gasteiger partial charge in [0.05, 0.1) is 12.6 Å². The first-order valence-electron chi connectivity index (χ1n) is 8.20. The van der Waals surface area contributed by atoms with Crippen molar-refractivity contribution in [1.82, 2.24) is 20.2 Å². The molecule has 0 aliphatic rings. The molecular weight excluding hydrogens is 383 g/mol. The number of hydrogen-bond acceptors (Lipinski definition) is 8. The molecule has 3 heterocycles. The van der Waals surface area contributed by atoms with Crippen LogP contribution in [0.3, 0.4) is 0 Å². The Morgan fingerprint density at radius 2 is 1.93 bits per heavy atom. The predicted molar refractivity (Wildman–Crippen MR) is 99.7 cm³/mol. The minimum atomic E-state index is -0.491. The van der Waals surface area contributed by atoms with E-state index in [1.807, 2.05) is 30.3 Å². The summed E-state index contributed by atoms with van der Waals surface area (Å²) < 4.78 is 30.4. The third kappa shape index (κ3) is 2.85. The molecule has 0 spiro atoms. The molecule has 138 valence electrons. The molecule has 5 rings (SSSR count). The number of methoxy groups -OCH3 is 1. The van der Waals surface area contributed by atoms with E-state index in [1.165, 1.54) is 19.5 Å². The van der Waals surface area contributed by atoms with Gasteiger partial charge in [0.25, 0.3) is 11.1 Å². The van der Waals surface area contributed by atoms with E-state index in [0.29, 0.717) is 21.7 Å². The van der Waals surface area contributed by atoms with Crippen molar-refractivity contribution in [3.8, 4) is 17.4 Å². The molecule has 0 fully saturated rings. The Kier molecular flexibility index (Phi) is 3.94. The zero-order valence-electron chi connectivity index (χ0n) is 14.4. The number of para-hydroxylation sites is 1. The number of ether oxygens (including phenoxy) is 1. The molecule has 0 saturated carbocycles. The fourth-order valence-electron chi connectivity index (χ4n) is 2.79. The lowest BCUT2D eigenvalue weighted by Gasteiger charge is -2.06. The number of halogens is 1. The summed E-state index contributed by atoms with van der Waals surface area (Å²) in [4.78, 5) is 8.34. The van der Waals surface area contributed by atoms with Gasteiger partial charge in [0.15, 0.2) is 17.3 Å². The van der Waals surface area contributed by atoms with Gasteiger partial charge in [-0.1, -0.05) is 18.2 Å². The van der Waals surface area contributed by atoms with Gasteiger partial charge in [0, 0.05) is 16.8 Å². The van der Waals surface area contributed by atoms with E-state index in [2.05, 4.69) is 20.2 Å². The Hall–Kier alpha value is -3.46. The first-order valence-corrected chi connectivity index (χ1v) is 9.01. The Labute approximate surface area is 161 Å². The Morgan fingerprint density at radius 1 is 1.04 bits per heavy atom. The maximum atomic E-state index is 13.9. The van der Waals surface area contributed by atoms with Crippen LogP contribution in [0, 0.1) is 5.82 Å². The van der Waals surface area contributed by atoms with Crippen LogP contribution in [-0.2, 0) is 0 Å². The van der Waals surface area contributed by atoms with Gasteiger partial charge in [-0.25, -0.2) is 14.4 Å². The molecule has 0 aliphatic carbocycles. The van der Waals surface area contributed by atoms with Crippen LogP contribution in [0.1, 0.15) is 0 Å². The van der Waals surface area contributed by atoms with Gasteiger partial charge < -0.3 is 13.6 Å². The smallest absolute Gasteiger partial charge is 0.284 e. The van der Waals surface area contributed by atoms with E-state index < -0.39 is 5.82 Å². The van der Waals surface area contributed by atoms with Gasteiger partial charge in [0.2, 0.25) is 0 Å². The molecule has 0 radical (unpaired) electrons. The summed E-state index contributed by atoms with van der Waals surface area (Å²) in [6.07, 6.45) is 1.35. The fourth-order valence-corrected chi connectivity index (χ4v) is 3.53. The second-order valence-electron chi connectivity index (χ2n) is 5.81. The van der Waals surface area contributed by atoms with E-state index >= 15 is 0 Å². The normalized spacial score (nSPS) is 11.4. The highest BCUT2D eigenvalue weighted by Crippen LogP contribution is 2.35. The van der Waals surface area contributed by atoms with Crippen LogP contribution in [0.5, 0.6) is 5.75 Å². The molecule has 3 aromatic heterocycles. The monoisotopic (exact) mass is 394 g/mol. The van der Waals surface area contributed by atoms with E-state index in [-0.39, 0.29) is 16.9 Å². The number of fused-ring (bicyclic) bond motifs is 2. The average Bonchev–Trinajstić information content (AvgIpc) is 3.34. The molecule has 0 saturated heterocycles. The molecule has 0 N–H and O–H groups in total. The second-order valence-corrected chi connectivity index (χ2v) is 6.75. The van der Waals surface area contributed by atoms with Crippen LogP contribution in [0.25, 0.3) is 33.5 Å². The zero-order valence-corrected chi connectivity index (χ0v) is 15.2. The SMILES string of the molecule is COc1cc2c(Sc3nnc(-c4cc5ccccc5o4)o3)ncnc2cc1F. The van der Waals surface area contributed by atoms with Crippen molar-refractivity contribution in [2.24, 2.45) is 0 Å². The zero-order chi connectivity index (χ0) is 19.1. The third-order valence-electron chi connectivity index (χ3n) is 4.10. The lowest BCUT2D eigenvalue weighted by atomic mass is 10.2. The molecule has 0 unspecified atom stereocenters. The molecule has 2 aromatic carbocycles. The highest BCUT2D eigenvalue weighted by molar-refractivity contribution is 7.99. The highest BCUT2D eigenvalue weighted by Gasteiger charge is 2.17. The van der Waals surface area contributed by atoms with Crippen LogP contribution in [0.15, 0.2) is 67.9 Å². The Morgan fingerprint density at radius 3 is 2.79 bits per heavy atom. The van der Waals surface area contributed by atoms with E-state index in [4.69, 9.17) is 13.6 Å². The molecule has 7 nitrogen and oxygen atoms in total. The summed E-state index contributed by atoms with van der Waals surface area (Å²) in [6.45, 7) is 0. The van der Waals surface area contributed by atoms with Gasteiger partial charge >= 0.3 is 0 Å². The summed E-state index contributed by atoms with van der Waals surface area (Å²) in [7, 11) is 1.40. The molecular formula is C19H11FN4O3S. The lowest BCUT2D eigenvalue weighted by molar-refractivity contribution is 0.387. The van der Waals surface area contributed by atoms with Crippen LogP contribution >= 0.6 is 11.8 Å². The minimum absolute atomic E-state index is 0.109. The summed E-state index contributed by atoms with van der Waals surface area (Å²) in [6, 6.07) is 12.3. The summed E-state index contributed by atoms with van der Waals surface area (Å²) in [5.74, 6) is 0.366. The second kappa shape index (κ2) is 6.61. The summed E-state index contributed by atoms with van der Waals surface area (Å²) >= 11 is 1.15. The molecule has 0 aliphatic heterocycles. The highest BCUT2D eigenvalue weighted by atomic mass is 32.2. The number of hydrogen-bond donors (Lipinski definition) is 0. The molecule has 9 heteroatoms. The lowest BCUT2D eigenvalue weighted by Crippen LogP contribution is -1.92. The number of benzene rings is 2. The Bertz CT molecular complexity index is 1280. The van der Waals surface area contributed by atoms with Crippen molar-refractivity contribution in [1.29, 1.82) is 0 Å². The molecule has 5 aromatic rings. The average molecular weight is 394 g/mol. The van der Waals surface area contributed by atoms with Crippen molar-refractivity contribution in [2.45, 2.75) is 10.2 Å². The van der Waals surface area contributed by atoms with Crippen LogP contribution in [-0.4, -0.2) is 27.3 Å². The van der Waals surface area contributed by atoms with E-state index in [9.17, 15) is 4.39 Å². The van der Waals surface area contributed by atoms with Gasteiger partial charge in [0.1, 0.15) is 16.9 Å². The minimum Gasteiger partial charge on any atom is -0.494 e. The quantitative estimate of drug-likeness (QED) is 0.405. The first-order chi connectivity index (χ1) is 13.7. The number of rotatable bonds is 4. The Balaban J connectivity index is 1.50. The molecule has 0 bridgehead atoms. The van der Waals surface area contributed by atoms with Gasteiger partial charge in [-0.3, -0.25) is 0 Å². The number of furan rings is 1. The number of nitrogens with zero attached hydrogens (tertiary/aromatic N) is 4. The maximum absolute atomic E-state index is 13.9. The molecule has 28 heavy (non-hydrogen) atoms. The molecule has 0 atom stereocenters. The first kappa shape index (κ1) is 16.7. The third-order valence-corrected chi connectivity index (χ3v) is 4.96. The molecule has 0 amide bonds. The standard InChI is InChI=1S/C19H11FN4O3S/c1-25-15-7-11-13(8-12(15)20)21-9-22-18(11)28-19-24-23-17(27-19)16-6-10-4-2-3-5-14(10)26-16/h2-9H,1H3. The number of aromatic nitrogens is 4. The topological polar surface area (TPSA) is 87.1 Å². The van der Waals surface area contributed by atoms with Crippen molar-refractivity contribution in [3.63, 3.8) is 0 Å².